The molecule has 0 unspecified atom stereocenters. The van der Waals surface area contributed by atoms with Crippen LogP contribution in [-0.4, -0.2) is 36.4 Å². The lowest BCUT2D eigenvalue weighted by molar-refractivity contribution is -0.122. The molecule has 0 aliphatic heterocycles. The second kappa shape index (κ2) is 9.11. The fourth-order valence-corrected chi connectivity index (χ4v) is 3.33. The van der Waals surface area contributed by atoms with E-state index in [4.69, 9.17) is 4.74 Å². The summed E-state index contributed by atoms with van der Waals surface area (Å²) in [6.45, 7) is 7.22. The molecule has 7 heteroatoms. The van der Waals surface area contributed by atoms with Crippen LogP contribution in [-0.2, 0) is 9.53 Å². The molecule has 0 bridgehead atoms. The van der Waals surface area contributed by atoms with Crippen LogP contribution in [0.3, 0.4) is 0 Å². The number of aryl methyl sites for hydroxylation is 1. The Labute approximate surface area is 157 Å². The third kappa shape index (κ3) is 4.67. The fraction of sp³-hybridized carbons (Fsp3) is 0.368. The van der Waals surface area contributed by atoms with Crippen LogP contribution >= 0.6 is 11.3 Å². The Morgan fingerprint density at radius 1 is 1.27 bits per heavy atom. The monoisotopic (exact) mass is 371 g/mol. The van der Waals surface area contributed by atoms with Crippen molar-refractivity contribution in [3.8, 4) is 6.07 Å². The van der Waals surface area contributed by atoms with Gasteiger partial charge in [0.15, 0.2) is 18.3 Å². The van der Waals surface area contributed by atoms with Gasteiger partial charge in [0.25, 0.3) is 0 Å². The number of ether oxygens (including phenoxy) is 1. The zero-order valence-corrected chi connectivity index (χ0v) is 15.9. The number of esters is 1. The third-order valence-electron chi connectivity index (χ3n) is 3.91. The summed E-state index contributed by atoms with van der Waals surface area (Å²) in [7, 11) is 0. The molecule has 0 aliphatic rings. The number of Topliss-reactive ketones (excluding diaryl/α,β-unsaturated/α-hetero) is 1. The van der Waals surface area contributed by atoms with Crippen LogP contribution in [0.4, 0.5) is 5.69 Å². The SMILES string of the molecule is CCN(CC)c1ccc(C(=O)OCC(=O)[C@@H](C#N)c2nc(C)cs2)cc1. The van der Waals surface area contributed by atoms with E-state index in [1.165, 1.54) is 11.3 Å². The largest absolute Gasteiger partial charge is 0.454 e. The van der Waals surface area contributed by atoms with Gasteiger partial charge < -0.3 is 9.64 Å². The van der Waals surface area contributed by atoms with Crippen molar-refractivity contribution < 1.29 is 14.3 Å². The van der Waals surface area contributed by atoms with Crippen molar-refractivity contribution in [1.82, 2.24) is 4.98 Å². The molecule has 1 aromatic heterocycles. The van der Waals surface area contributed by atoms with Crippen LogP contribution in [0, 0.1) is 18.3 Å². The number of hydrogen-bond acceptors (Lipinski definition) is 7. The van der Waals surface area contributed by atoms with Gasteiger partial charge in [-0.15, -0.1) is 11.3 Å². The zero-order valence-electron chi connectivity index (χ0n) is 15.1. The van der Waals surface area contributed by atoms with Gasteiger partial charge in [0.1, 0.15) is 5.01 Å². The lowest BCUT2D eigenvalue weighted by atomic mass is 10.1. The summed E-state index contributed by atoms with van der Waals surface area (Å²) in [5.74, 6) is -2.07. The van der Waals surface area contributed by atoms with Gasteiger partial charge in [-0.25, -0.2) is 9.78 Å². The van der Waals surface area contributed by atoms with E-state index >= 15 is 0 Å². The lowest BCUT2D eigenvalue weighted by Crippen LogP contribution is -2.22. The van der Waals surface area contributed by atoms with Crippen LogP contribution in [0.2, 0.25) is 0 Å². The second-order valence-electron chi connectivity index (χ2n) is 5.65. The Bertz CT molecular complexity index is 804. The van der Waals surface area contributed by atoms with Crippen molar-refractivity contribution >= 4 is 28.8 Å². The molecular weight excluding hydrogens is 350 g/mol. The van der Waals surface area contributed by atoms with Gasteiger partial charge in [0.05, 0.1) is 11.6 Å². The van der Waals surface area contributed by atoms with Crippen molar-refractivity contribution in [3.05, 3.63) is 45.9 Å². The first kappa shape index (κ1) is 19.6. The molecule has 6 nitrogen and oxygen atoms in total. The van der Waals surface area contributed by atoms with Gasteiger partial charge in [0.2, 0.25) is 0 Å². The van der Waals surface area contributed by atoms with Crippen LogP contribution < -0.4 is 4.90 Å². The average molecular weight is 371 g/mol. The number of anilines is 1. The summed E-state index contributed by atoms with van der Waals surface area (Å²) in [5.41, 5.74) is 2.14. The van der Waals surface area contributed by atoms with Gasteiger partial charge in [-0.2, -0.15) is 5.26 Å². The predicted molar refractivity (Wildman–Crippen MR) is 100 cm³/mol. The van der Waals surface area contributed by atoms with Gasteiger partial charge in [0, 0.05) is 29.9 Å². The molecule has 136 valence electrons. The smallest absolute Gasteiger partial charge is 0.338 e. The molecule has 26 heavy (non-hydrogen) atoms. The standard InChI is InChI=1S/C19H21N3O3S/c1-4-22(5-2)15-8-6-14(7-9-15)19(24)25-11-17(23)16(10-20)18-21-13(3)12-26-18/h6-9,12,16H,4-5,11H2,1-3H3/t16-/m1/s1. The number of rotatable bonds is 8. The molecule has 1 atom stereocenters. The highest BCUT2D eigenvalue weighted by Crippen LogP contribution is 2.21. The Hall–Kier alpha value is -2.72. The number of hydrogen-bond donors (Lipinski definition) is 0. The van der Waals surface area contributed by atoms with Crippen molar-refractivity contribution in [2.45, 2.75) is 26.7 Å². The van der Waals surface area contributed by atoms with E-state index in [1.54, 1.807) is 24.4 Å². The minimum atomic E-state index is -1.01. The van der Waals surface area contributed by atoms with Gasteiger partial charge in [-0.05, 0) is 45.0 Å². The molecule has 0 spiro atoms. The molecule has 0 N–H and O–H groups in total. The third-order valence-corrected chi connectivity index (χ3v) is 4.94. The molecule has 2 aromatic rings. The highest BCUT2D eigenvalue weighted by Gasteiger charge is 2.24. The summed E-state index contributed by atoms with van der Waals surface area (Å²) in [5, 5.41) is 11.4. The summed E-state index contributed by atoms with van der Waals surface area (Å²) in [6, 6.07) is 8.97. The number of nitriles is 1. The minimum absolute atomic E-state index is 0.368. The van der Waals surface area contributed by atoms with Crippen molar-refractivity contribution in [2.75, 3.05) is 24.6 Å². The number of ketones is 1. The molecule has 1 aromatic carbocycles. The van der Waals surface area contributed by atoms with Gasteiger partial charge >= 0.3 is 5.97 Å². The van der Waals surface area contributed by atoms with Crippen molar-refractivity contribution in [2.24, 2.45) is 0 Å². The highest BCUT2D eigenvalue weighted by molar-refractivity contribution is 7.09. The maximum atomic E-state index is 12.2. The summed E-state index contributed by atoms with van der Waals surface area (Å²) in [4.78, 5) is 30.7. The second-order valence-corrected chi connectivity index (χ2v) is 6.54. The van der Waals surface area contributed by atoms with Crippen LogP contribution in [0.5, 0.6) is 0 Å². The molecule has 0 saturated carbocycles. The molecule has 0 amide bonds. The van der Waals surface area contributed by atoms with Crippen molar-refractivity contribution in [3.63, 3.8) is 0 Å². The Balaban J connectivity index is 1.97. The van der Waals surface area contributed by atoms with E-state index in [9.17, 15) is 14.9 Å². The van der Waals surface area contributed by atoms with E-state index in [0.717, 1.165) is 24.5 Å². The Morgan fingerprint density at radius 3 is 2.42 bits per heavy atom. The number of aromatic nitrogens is 1. The maximum absolute atomic E-state index is 12.2. The zero-order chi connectivity index (χ0) is 19.1. The number of benzene rings is 1. The molecule has 0 aliphatic carbocycles. The fourth-order valence-electron chi connectivity index (χ4n) is 2.47. The first-order valence-electron chi connectivity index (χ1n) is 8.36. The van der Waals surface area contributed by atoms with Crippen LogP contribution in [0.15, 0.2) is 29.6 Å². The van der Waals surface area contributed by atoms with Crippen molar-refractivity contribution in [1.29, 1.82) is 5.26 Å². The van der Waals surface area contributed by atoms with Gasteiger partial charge in [-0.1, -0.05) is 0 Å². The van der Waals surface area contributed by atoms with E-state index in [1.807, 2.05) is 18.2 Å². The predicted octanol–water partition coefficient (Wildman–Crippen LogP) is 3.33. The van der Waals surface area contributed by atoms with Crippen LogP contribution in [0.25, 0.3) is 0 Å². The number of nitrogens with zero attached hydrogens (tertiary/aromatic N) is 3. The molecule has 0 fully saturated rings. The van der Waals surface area contributed by atoms with E-state index in [2.05, 4.69) is 23.7 Å². The lowest BCUT2D eigenvalue weighted by Gasteiger charge is -2.20. The quantitative estimate of drug-likeness (QED) is 0.662. The summed E-state index contributed by atoms with van der Waals surface area (Å²) in [6.07, 6.45) is 0. The van der Waals surface area contributed by atoms with E-state index in [-0.39, 0.29) is 0 Å². The number of thiazole rings is 1. The topological polar surface area (TPSA) is 83.3 Å². The Morgan fingerprint density at radius 2 is 1.92 bits per heavy atom. The molecule has 0 radical (unpaired) electrons. The maximum Gasteiger partial charge on any atom is 0.338 e. The molecule has 0 saturated heterocycles. The first-order valence-corrected chi connectivity index (χ1v) is 9.24. The summed E-state index contributed by atoms with van der Waals surface area (Å²) < 4.78 is 5.08. The van der Waals surface area contributed by atoms with E-state index in [0.29, 0.717) is 10.6 Å². The average Bonchev–Trinajstić information content (AvgIpc) is 3.08. The minimum Gasteiger partial charge on any atom is -0.454 e. The summed E-state index contributed by atoms with van der Waals surface area (Å²) >= 11 is 1.25. The number of carbonyl (C=O) groups excluding carboxylic acids is 2. The molecule has 1 heterocycles. The Kier molecular flexibility index (Phi) is 6.87. The van der Waals surface area contributed by atoms with E-state index < -0.39 is 24.3 Å². The normalized spacial score (nSPS) is 11.5. The van der Waals surface area contributed by atoms with Gasteiger partial charge in [-0.3, -0.25) is 4.79 Å². The highest BCUT2D eigenvalue weighted by atomic mass is 32.1. The number of carbonyl (C=O) groups is 2. The first-order chi connectivity index (χ1) is 12.5. The van der Waals surface area contributed by atoms with Crippen LogP contribution in [0.1, 0.15) is 40.8 Å². The molecular formula is C19H21N3O3S. The molecule has 2 rings (SSSR count).